The van der Waals surface area contributed by atoms with Gasteiger partial charge in [0, 0.05) is 47.2 Å². The van der Waals surface area contributed by atoms with E-state index in [9.17, 15) is 0 Å². The van der Waals surface area contributed by atoms with Crippen molar-refractivity contribution in [3.63, 3.8) is 0 Å². The fourth-order valence-corrected chi connectivity index (χ4v) is 5.36. The zero-order chi connectivity index (χ0) is 23.8. The number of pyridine rings is 2. The highest BCUT2D eigenvalue weighted by atomic mass is 35.5. The molecule has 7 heteroatoms. The maximum absolute atomic E-state index is 6.38. The van der Waals surface area contributed by atoms with Crippen LogP contribution in [0.5, 0.6) is 0 Å². The lowest BCUT2D eigenvalue weighted by Gasteiger charge is -2.28. The number of halogens is 1. The van der Waals surface area contributed by atoms with Gasteiger partial charge in [0.2, 0.25) is 0 Å². The van der Waals surface area contributed by atoms with Crippen LogP contribution < -0.4 is 5.32 Å². The van der Waals surface area contributed by atoms with Crippen molar-refractivity contribution in [1.29, 1.82) is 0 Å². The van der Waals surface area contributed by atoms with E-state index in [-0.39, 0.29) is 12.1 Å². The molecule has 0 amide bonds. The van der Waals surface area contributed by atoms with Crippen LogP contribution >= 0.6 is 23.8 Å². The summed E-state index contributed by atoms with van der Waals surface area (Å²) in [5, 5.41) is 4.99. The van der Waals surface area contributed by atoms with Crippen molar-refractivity contribution in [2.45, 2.75) is 39.4 Å². The van der Waals surface area contributed by atoms with Gasteiger partial charge in [-0.25, -0.2) is 0 Å². The number of aromatic nitrogens is 3. The molecule has 0 aliphatic carbocycles. The highest BCUT2D eigenvalue weighted by molar-refractivity contribution is 7.80. The number of nitrogens with one attached hydrogen (secondary N) is 1. The fourth-order valence-electron chi connectivity index (χ4n) is 4.88. The third-order valence-corrected chi connectivity index (χ3v) is 7.06. The Labute approximate surface area is 210 Å². The van der Waals surface area contributed by atoms with Crippen LogP contribution in [0.25, 0.3) is 5.69 Å². The molecule has 0 radical (unpaired) electrons. The Morgan fingerprint density at radius 1 is 1.03 bits per heavy atom. The largest absolute Gasteiger partial charge is 0.352 e. The van der Waals surface area contributed by atoms with Crippen LogP contribution in [0.1, 0.15) is 45.9 Å². The molecule has 3 aromatic heterocycles. The lowest BCUT2D eigenvalue weighted by atomic mass is 9.96. The molecule has 0 spiro atoms. The van der Waals surface area contributed by atoms with Crippen LogP contribution in [0.3, 0.4) is 0 Å². The van der Waals surface area contributed by atoms with E-state index in [1.54, 1.807) is 6.20 Å². The minimum absolute atomic E-state index is 0.0259. The summed E-state index contributed by atoms with van der Waals surface area (Å²) in [7, 11) is 0. The predicted octanol–water partition coefficient (Wildman–Crippen LogP) is 6.02. The summed E-state index contributed by atoms with van der Waals surface area (Å²) in [5.74, 6) is 0. The first-order valence-corrected chi connectivity index (χ1v) is 12.0. The van der Waals surface area contributed by atoms with Crippen molar-refractivity contribution in [3.05, 3.63) is 112 Å². The average Bonchev–Trinajstić information content (AvgIpc) is 3.31. The van der Waals surface area contributed by atoms with Gasteiger partial charge in [-0.1, -0.05) is 29.8 Å². The zero-order valence-corrected chi connectivity index (χ0v) is 20.9. The number of benzene rings is 1. The van der Waals surface area contributed by atoms with Gasteiger partial charge >= 0.3 is 0 Å². The summed E-state index contributed by atoms with van der Waals surface area (Å²) in [6.45, 7) is 7.08. The van der Waals surface area contributed by atoms with E-state index in [0.717, 1.165) is 33.4 Å². The molecule has 4 heterocycles. The lowest BCUT2D eigenvalue weighted by molar-refractivity contribution is 0.310. The highest BCUT2D eigenvalue weighted by Crippen LogP contribution is 2.42. The van der Waals surface area contributed by atoms with Crippen LogP contribution in [0.15, 0.2) is 73.2 Å². The van der Waals surface area contributed by atoms with Crippen LogP contribution in [-0.4, -0.2) is 24.5 Å². The minimum Gasteiger partial charge on any atom is -0.352 e. The van der Waals surface area contributed by atoms with Crippen LogP contribution in [-0.2, 0) is 6.54 Å². The smallest absolute Gasteiger partial charge is 0.170 e. The molecular weight excluding hydrogens is 462 g/mol. The van der Waals surface area contributed by atoms with Crippen LogP contribution in [0, 0.1) is 20.8 Å². The van der Waals surface area contributed by atoms with Gasteiger partial charge in [0.1, 0.15) is 0 Å². The number of aryl methyl sites for hydroxylation is 2. The van der Waals surface area contributed by atoms with Gasteiger partial charge in [-0.2, -0.15) is 0 Å². The molecule has 1 aliphatic heterocycles. The van der Waals surface area contributed by atoms with E-state index in [0.29, 0.717) is 11.7 Å². The molecule has 2 atom stereocenters. The minimum atomic E-state index is -0.0696. The quantitative estimate of drug-likeness (QED) is 0.349. The Hall–Kier alpha value is -3.22. The van der Waals surface area contributed by atoms with Gasteiger partial charge in [0.15, 0.2) is 5.11 Å². The molecule has 1 fully saturated rings. The molecule has 4 aromatic rings. The van der Waals surface area contributed by atoms with Gasteiger partial charge in [-0.05, 0) is 86.1 Å². The summed E-state index contributed by atoms with van der Waals surface area (Å²) in [6, 6.07) is 18.3. The number of hydrogen-bond donors (Lipinski definition) is 1. The first kappa shape index (κ1) is 22.6. The zero-order valence-electron chi connectivity index (χ0n) is 19.4. The maximum Gasteiger partial charge on any atom is 0.170 e. The third-order valence-electron chi connectivity index (χ3n) is 6.47. The van der Waals surface area contributed by atoms with E-state index in [2.05, 4.69) is 69.8 Å². The summed E-state index contributed by atoms with van der Waals surface area (Å²) >= 11 is 12.2. The van der Waals surface area contributed by atoms with Crippen molar-refractivity contribution in [1.82, 2.24) is 24.8 Å². The monoisotopic (exact) mass is 487 g/mol. The molecule has 1 aliphatic rings. The highest BCUT2D eigenvalue weighted by Gasteiger charge is 2.41. The van der Waals surface area contributed by atoms with Crippen molar-refractivity contribution in [2.75, 3.05) is 0 Å². The van der Waals surface area contributed by atoms with Crippen molar-refractivity contribution in [3.8, 4) is 5.69 Å². The molecule has 0 bridgehead atoms. The first-order chi connectivity index (χ1) is 16.4. The lowest BCUT2D eigenvalue weighted by Crippen LogP contribution is -2.29. The topological polar surface area (TPSA) is 46.0 Å². The van der Waals surface area contributed by atoms with Crippen molar-refractivity contribution in [2.24, 2.45) is 0 Å². The number of thiocarbonyl (C=S) groups is 1. The van der Waals surface area contributed by atoms with E-state index >= 15 is 0 Å². The molecule has 5 nitrogen and oxygen atoms in total. The second kappa shape index (κ2) is 9.20. The summed E-state index contributed by atoms with van der Waals surface area (Å²) in [6.07, 6.45) is 5.52. The Bertz CT molecular complexity index is 1340. The van der Waals surface area contributed by atoms with Crippen LogP contribution in [0.2, 0.25) is 5.02 Å². The van der Waals surface area contributed by atoms with Gasteiger partial charge in [-0.15, -0.1) is 0 Å². The summed E-state index contributed by atoms with van der Waals surface area (Å²) < 4.78 is 2.29. The van der Waals surface area contributed by atoms with E-state index < -0.39 is 0 Å². The molecule has 5 rings (SSSR count). The normalized spacial score (nSPS) is 17.8. The van der Waals surface area contributed by atoms with Gasteiger partial charge < -0.3 is 14.8 Å². The van der Waals surface area contributed by atoms with Crippen LogP contribution in [0.4, 0.5) is 0 Å². The van der Waals surface area contributed by atoms with Crippen molar-refractivity contribution >= 4 is 28.9 Å². The third kappa shape index (κ3) is 4.08. The molecular formula is C27H26ClN5S. The van der Waals surface area contributed by atoms with E-state index in [1.807, 2.05) is 42.7 Å². The molecule has 172 valence electrons. The Kier molecular flexibility index (Phi) is 6.11. The second-order valence-corrected chi connectivity index (χ2v) is 9.53. The number of hydrogen-bond acceptors (Lipinski definition) is 3. The van der Waals surface area contributed by atoms with Gasteiger partial charge in [0.05, 0.1) is 17.8 Å². The fraction of sp³-hybridized carbons (Fsp3) is 0.222. The molecule has 1 saturated heterocycles. The molecule has 34 heavy (non-hydrogen) atoms. The molecule has 1 aromatic carbocycles. The standard InChI is InChI=1S/C27H26ClN5S/c1-17-9-10-21(28)14-24(17)33-18(2)13-22(19(33)3)26-25(23-8-4-5-12-30-23)31-27(34)32(26)16-20-7-6-11-29-15-20/h4-15,25-26H,16H2,1-3H3,(H,31,34)/t25-,26-/m1/s1. The maximum atomic E-state index is 6.38. The summed E-state index contributed by atoms with van der Waals surface area (Å²) in [5.41, 5.74) is 7.86. The average molecular weight is 488 g/mol. The number of rotatable bonds is 5. The second-order valence-electron chi connectivity index (χ2n) is 8.71. The first-order valence-electron chi connectivity index (χ1n) is 11.3. The Morgan fingerprint density at radius 2 is 1.88 bits per heavy atom. The van der Waals surface area contributed by atoms with E-state index in [1.165, 1.54) is 11.1 Å². The van der Waals surface area contributed by atoms with Gasteiger partial charge in [0.25, 0.3) is 0 Å². The Balaban J connectivity index is 1.64. The molecule has 0 unspecified atom stereocenters. The van der Waals surface area contributed by atoms with E-state index in [4.69, 9.17) is 23.8 Å². The van der Waals surface area contributed by atoms with Gasteiger partial charge in [-0.3, -0.25) is 9.97 Å². The van der Waals surface area contributed by atoms with Crippen molar-refractivity contribution < 1.29 is 0 Å². The number of nitrogens with zero attached hydrogens (tertiary/aromatic N) is 4. The molecule has 0 saturated carbocycles. The molecule has 1 N–H and O–H groups in total. The predicted molar refractivity (Wildman–Crippen MR) is 140 cm³/mol. The Morgan fingerprint density at radius 3 is 2.62 bits per heavy atom. The summed E-state index contributed by atoms with van der Waals surface area (Å²) in [4.78, 5) is 11.2. The SMILES string of the molecule is Cc1ccc(Cl)cc1-n1c(C)cc([C@@H]2[C@@H](c3ccccn3)NC(=S)N2Cc2cccnc2)c1C.